The standard InChI is InChI=1S/C22H24ClN5O2/c1-15-21(27-30-26-15)14-24-18-9-11-28(12-10-18)20-7-5-19(6-8-20)25-22(29)16-3-2-4-17(23)13-16/h2-8,13,18,24H,9-12,14H2,1H3,(H,25,29). The van der Waals surface area contributed by atoms with Gasteiger partial charge in [0.05, 0.1) is 0 Å². The maximum atomic E-state index is 12.4. The van der Waals surface area contributed by atoms with Gasteiger partial charge in [-0.2, -0.15) is 0 Å². The lowest BCUT2D eigenvalue weighted by molar-refractivity contribution is 0.102. The fraction of sp³-hybridized carbons (Fsp3) is 0.318. The molecule has 30 heavy (non-hydrogen) atoms. The molecule has 7 nitrogen and oxygen atoms in total. The van der Waals surface area contributed by atoms with Crippen LogP contribution in [0, 0.1) is 6.92 Å². The quantitative estimate of drug-likeness (QED) is 0.620. The van der Waals surface area contributed by atoms with E-state index in [-0.39, 0.29) is 5.91 Å². The van der Waals surface area contributed by atoms with Crippen LogP contribution >= 0.6 is 11.6 Å². The summed E-state index contributed by atoms with van der Waals surface area (Å²) in [5.74, 6) is -0.172. The van der Waals surface area contributed by atoms with Crippen molar-refractivity contribution in [2.45, 2.75) is 32.4 Å². The molecule has 3 aromatic rings. The van der Waals surface area contributed by atoms with Crippen LogP contribution in [0.5, 0.6) is 0 Å². The number of carbonyl (C=O) groups excluding carboxylic acids is 1. The van der Waals surface area contributed by atoms with Gasteiger partial charge < -0.3 is 15.5 Å². The summed E-state index contributed by atoms with van der Waals surface area (Å²) in [6.45, 7) is 4.53. The molecule has 0 radical (unpaired) electrons. The van der Waals surface area contributed by atoms with Gasteiger partial charge in [0, 0.05) is 47.6 Å². The molecule has 1 fully saturated rings. The van der Waals surface area contributed by atoms with Crippen molar-refractivity contribution < 1.29 is 9.42 Å². The molecule has 1 amide bonds. The number of aryl methyl sites for hydroxylation is 1. The van der Waals surface area contributed by atoms with Crippen LogP contribution in [0.3, 0.4) is 0 Å². The fourth-order valence-electron chi connectivity index (χ4n) is 3.58. The normalized spacial score (nSPS) is 14.7. The lowest BCUT2D eigenvalue weighted by atomic mass is 10.0. The predicted molar refractivity (Wildman–Crippen MR) is 117 cm³/mol. The highest BCUT2D eigenvalue weighted by molar-refractivity contribution is 6.31. The van der Waals surface area contributed by atoms with E-state index in [1.54, 1.807) is 24.3 Å². The summed E-state index contributed by atoms with van der Waals surface area (Å²) in [6.07, 6.45) is 2.11. The zero-order chi connectivity index (χ0) is 20.9. The third-order valence-corrected chi connectivity index (χ3v) is 5.61. The molecule has 2 heterocycles. The zero-order valence-corrected chi connectivity index (χ0v) is 17.5. The number of piperidine rings is 1. The van der Waals surface area contributed by atoms with Crippen molar-refractivity contribution in [3.8, 4) is 0 Å². The molecular formula is C22H24ClN5O2. The number of rotatable bonds is 6. The minimum atomic E-state index is -0.172. The van der Waals surface area contributed by atoms with Gasteiger partial charge in [-0.3, -0.25) is 4.79 Å². The summed E-state index contributed by atoms with van der Waals surface area (Å²) >= 11 is 5.96. The number of nitrogens with one attached hydrogen (secondary N) is 2. The van der Waals surface area contributed by atoms with Gasteiger partial charge in [-0.25, -0.2) is 4.63 Å². The van der Waals surface area contributed by atoms with Crippen LogP contribution in [-0.2, 0) is 6.54 Å². The molecule has 156 valence electrons. The third kappa shape index (κ3) is 4.98. The summed E-state index contributed by atoms with van der Waals surface area (Å²) in [6, 6.07) is 15.3. The van der Waals surface area contributed by atoms with Crippen molar-refractivity contribution >= 4 is 28.9 Å². The van der Waals surface area contributed by atoms with E-state index >= 15 is 0 Å². The second kappa shape index (κ2) is 9.28. The molecule has 0 aliphatic carbocycles. The lowest BCUT2D eigenvalue weighted by Gasteiger charge is -2.34. The molecule has 0 spiro atoms. The van der Waals surface area contributed by atoms with E-state index in [9.17, 15) is 4.79 Å². The largest absolute Gasteiger partial charge is 0.371 e. The van der Waals surface area contributed by atoms with E-state index in [1.807, 2.05) is 31.2 Å². The molecule has 2 aromatic carbocycles. The molecule has 0 unspecified atom stereocenters. The number of amides is 1. The van der Waals surface area contributed by atoms with E-state index < -0.39 is 0 Å². The first kappa shape index (κ1) is 20.4. The molecular weight excluding hydrogens is 402 g/mol. The van der Waals surface area contributed by atoms with Gasteiger partial charge in [0.25, 0.3) is 5.91 Å². The Balaban J connectivity index is 1.27. The van der Waals surface area contributed by atoms with Gasteiger partial charge in [0.2, 0.25) is 0 Å². The summed E-state index contributed by atoms with van der Waals surface area (Å²) in [5, 5.41) is 14.7. The molecule has 1 aromatic heterocycles. The van der Waals surface area contributed by atoms with Crippen molar-refractivity contribution in [2.75, 3.05) is 23.3 Å². The Hall–Kier alpha value is -2.90. The Kier molecular flexibility index (Phi) is 6.30. The van der Waals surface area contributed by atoms with Gasteiger partial charge in [-0.05, 0) is 62.2 Å². The van der Waals surface area contributed by atoms with Gasteiger partial charge in [0.15, 0.2) is 0 Å². The number of carbonyl (C=O) groups is 1. The monoisotopic (exact) mass is 425 g/mol. The SMILES string of the molecule is Cc1nonc1CNC1CCN(c2ccc(NC(=O)c3cccc(Cl)c3)cc2)CC1. The molecule has 1 aliphatic rings. The van der Waals surface area contributed by atoms with Crippen molar-refractivity contribution in [3.63, 3.8) is 0 Å². The van der Waals surface area contributed by atoms with E-state index in [2.05, 4.69) is 25.8 Å². The number of hydrogen-bond donors (Lipinski definition) is 2. The number of halogens is 1. The number of benzene rings is 2. The van der Waals surface area contributed by atoms with Crippen molar-refractivity contribution in [3.05, 3.63) is 70.5 Å². The number of aromatic nitrogens is 2. The van der Waals surface area contributed by atoms with Gasteiger partial charge in [0.1, 0.15) is 11.4 Å². The first-order valence-corrected chi connectivity index (χ1v) is 10.4. The maximum Gasteiger partial charge on any atom is 0.255 e. The molecule has 0 atom stereocenters. The molecule has 0 bridgehead atoms. The van der Waals surface area contributed by atoms with Gasteiger partial charge in [-0.1, -0.05) is 28.0 Å². The van der Waals surface area contributed by atoms with Gasteiger partial charge in [-0.15, -0.1) is 0 Å². The highest BCUT2D eigenvalue weighted by atomic mass is 35.5. The van der Waals surface area contributed by atoms with E-state index in [4.69, 9.17) is 16.2 Å². The van der Waals surface area contributed by atoms with Crippen LogP contribution in [0.1, 0.15) is 34.6 Å². The van der Waals surface area contributed by atoms with Crippen LogP contribution in [0.25, 0.3) is 0 Å². The topological polar surface area (TPSA) is 83.3 Å². The van der Waals surface area contributed by atoms with Crippen LogP contribution in [0.4, 0.5) is 11.4 Å². The molecule has 0 saturated carbocycles. The number of anilines is 2. The zero-order valence-electron chi connectivity index (χ0n) is 16.8. The fourth-order valence-corrected chi connectivity index (χ4v) is 3.77. The van der Waals surface area contributed by atoms with Crippen LogP contribution in [0.15, 0.2) is 53.2 Å². The molecule has 1 saturated heterocycles. The Morgan fingerprint density at radius 1 is 1.17 bits per heavy atom. The van der Waals surface area contributed by atoms with E-state index in [0.29, 0.717) is 23.2 Å². The second-order valence-electron chi connectivity index (χ2n) is 7.45. The highest BCUT2D eigenvalue weighted by Crippen LogP contribution is 2.23. The molecule has 2 N–H and O–H groups in total. The number of hydrogen-bond acceptors (Lipinski definition) is 6. The van der Waals surface area contributed by atoms with Crippen molar-refractivity contribution in [2.24, 2.45) is 0 Å². The van der Waals surface area contributed by atoms with Crippen molar-refractivity contribution in [1.82, 2.24) is 15.6 Å². The Morgan fingerprint density at radius 3 is 2.60 bits per heavy atom. The molecule has 1 aliphatic heterocycles. The summed E-state index contributed by atoms with van der Waals surface area (Å²) in [5.41, 5.74) is 4.16. The Bertz CT molecular complexity index is 997. The number of nitrogens with zero attached hydrogens (tertiary/aromatic N) is 3. The van der Waals surface area contributed by atoms with Crippen molar-refractivity contribution in [1.29, 1.82) is 0 Å². The van der Waals surface area contributed by atoms with Crippen LogP contribution in [0.2, 0.25) is 5.02 Å². The average molecular weight is 426 g/mol. The molecule has 8 heteroatoms. The smallest absolute Gasteiger partial charge is 0.255 e. The highest BCUT2D eigenvalue weighted by Gasteiger charge is 2.20. The Morgan fingerprint density at radius 2 is 1.93 bits per heavy atom. The van der Waals surface area contributed by atoms with E-state index in [1.165, 1.54) is 0 Å². The first-order valence-electron chi connectivity index (χ1n) is 10.0. The lowest BCUT2D eigenvalue weighted by Crippen LogP contribution is -2.42. The predicted octanol–water partition coefficient (Wildman–Crippen LogP) is 4.04. The van der Waals surface area contributed by atoms with Crippen LogP contribution in [-0.4, -0.2) is 35.4 Å². The Labute approximate surface area is 180 Å². The maximum absolute atomic E-state index is 12.4. The first-order chi connectivity index (χ1) is 14.6. The van der Waals surface area contributed by atoms with Crippen LogP contribution < -0.4 is 15.5 Å². The second-order valence-corrected chi connectivity index (χ2v) is 7.89. The minimum Gasteiger partial charge on any atom is -0.371 e. The summed E-state index contributed by atoms with van der Waals surface area (Å²) in [4.78, 5) is 14.7. The molecule has 4 rings (SSSR count). The third-order valence-electron chi connectivity index (χ3n) is 5.38. The average Bonchev–Trinajstić information content (AvgIpc) is 3.18. The summed E-state index contributed by atoms with van der Waals surface area (Å²) < 4.78 is 4.74. The van der Waals surface area contributed by atoms with Gasteiger partial charge >= 0.3 is 0 Å². The van der Waals surface area contributed by atoms with E-state index in [0.717, 1.165) is 48.7 Å². The summed E-state index contributed by atoms with van der Waals surface area (Å²) in [7, 11) is 0. The minimum absolute atomic E-state index is 0.172.